The van der Waals surface area contributed by atoms with E-state index in [2.05, 4.69) is 31.3 Å². The minimum atomic E-state index is -1.26. The van der Waals surface area contributed by atoms with E-state index in [1.807, 2.05) is 57.2 Å². The Morgan fingerprint density at radius 2 is 1.82 bits per heavy atom. The van der Waals surface area contributed by atoms with E-state index in [1.165, 1.54) is 16.9 Å². The van der Waals surface area contributed by atoms with Crippen LogP contribution in [0.1, 0.15) is 109 Å². The first-order chi connectivity index (χ1) is 23.8. The number of nitrogens with zero attached hydrogens (tertiary/aromatic N) is 1. The molecule has 2 amide bonds. The quantitative estimate of drug-likeness (QED) is 0.154. The van der Waals surface area contributed by atoms with E-state index < -0.39 is 17.1 Å². The van der Waals surface area contributed by atoms with Gasteiger partial charge in [-0.25, -0.2) is 4.79 Å². The molecule has 0 spiro atoms. The van der Waals surface area contributed by atoms with Crippen LogP contribution < -0.4 is 14.8 Å². The zero-order chi connectivity index (χ0) is 36.2. The van der Waals surface area contributed by atoms with E-state index in [0.717, 1.165) is 34.4 Å². The summed E-state index contributed by atoms with van der Waals surface area (Å²) in [6, 6.07) is 15.1. The van der Waals surface area contributed by atoms with Crippen molar-refractivity contribution in [2.75, 3.05) is 20.8 Å². The highest BCUT2D eigenvalue weighted by atomic mass is 32.1. The summed E-state index contributed by atoms with van der Waals surface area (Å²) in [5, 5.41) is 27.0. The highest BCUT2D eigenvalue weighted by molar-refractivity contribution is 7.14. The van der Waals surface area contributed by atoms with Crippen LogP contribution in [0.2, 0.25) is 0 Å². The minimum absolute atomic E-state index is 0.0281. The van der Waals surface area contributed by atoms with Gasteiger partial charge in [0.25, 0.3) is 0 Å². The van der Waals surface area contributed by atoms with Gasteiger partial charge < -0.3 is 29.9 Å². The van der Waals surface area contributed by atoms with Gasteiger partial charge in [0.15, 0.2) is 0 Å². The van der Waals surface area contributed by atoms with Crippen molar-refractivity contribution in [2.45, 2.75) is 110 Å². The summed E-state index contributed by atoms with van der Waals surface area (Å²) in [6.07, 6.45) is 6.12. The number of carbonyl (C=O) groups excluding carboxylic acids is 2. The molecule has 9 heteroatoms. The Bertz CT molecular complexity index is 1710. The van der Waals surface area contributed by atoms with Gasteiger partial charge in [-0.2, -0.15) is 0 Å². The molecule has 0 radical (unpaired) electrons. The number of amides is 2. The molecule has 6 rings (SSSR count). The van der Waals surface area contributed by atoms with E-state index in [1.54, 1.807) is 25.2 Å². The van der Waals surface area contributed by atoms with Gasteiger partial charge in [-0.05, 0) is 120 Å². The molecule has 4 unspecified atom stereocenters. The number of nitrogens with one attached hydrogen (secondary N) is 1. The molecule has 3 aliphatic carbocycles. The molecule has 270 valence electrons. The van der Waals surface area contributed by atoms with Crippen molar-refractivity contribution < 1.29 is 29.3 Å². The number of ether oxygens (including phenoxy) is 2. The van der Waals surface area contributed by atoms with Crippen LogP contribution in [-0.2, 0) is 13.0 Å². The molecule has 4 atom stereocenters. The van der Waals surface area contributed by atoms with E-state index >= 15 is 0 Å². The number of aryl methyl sites for hydroxylation is 1. The van der Waals surface area contributed by atoms with Gasteiger partial charge in [-0.1, -0.05) is 30.7 Å². The SMILES string of the molecule is COc1ccc(CN(CC2(O)CCC3c4ccc(cc4C(=O)c4ccc(C)s4)CC(O)CCC(C)=CCCC32C)C(=O)NC(C)C)c(OC)c1. The van der Waals surface area contributed by atoms with Crippen LogP contribution in [0.5, 0.6) is 11.5 Å². The van der Waals surface area contributed by atoms with Gasteiger partial charge in [0.1, 0.15) is 11.5 Å². The Hall–Kier alpha value is -3.66. The lowest BCUT2D eigenvalue weighted by molar-refractivity contribution is -0.0781. The lowest BCUT2D eigenvalue weighted by Gasteiger charge is -2.46. The maximum absolute atomic E-state index is 14.3. The maximum atomic E-state index is 14.3. The Morgan fingerprint density at radius 3 is 2.50 bits per heavy atom. The highest BCUT2D eigenvalue weighted by Crippen LogP contribution is 2.59. The summed E-state index contributed by atoms with van der Waals surface area (Å²) in [7, 11) is 3.20. The third-order valence-corrected chi connectivity index (χ3v) is 11.9. The summed E-state index contributed by atoms with van der Waals surface area (Å²) < 4.78 is 11.1. The average Bonchev–Trinajstić information content (AvgIpc) is 3.62. The van der Waals surface area contributed by atoms with Crippen LogP contribution in [-0.4, -0.2) is 65.4 Å². The van der Waals surface area contributed by atoms with Gasteiger partial charge in [-0.3, -0.25) is 4.79 Å². The van der Waals surface area contributed by atoms with Gasteiger partial charge in [0.05, 0.1) is 43.9 Å². The van der Waals surface area contributed by atoms with Crippen LogP contribution in [0.4, 0.5) is 4.79 Å². The molecule has 50 heavy (non-hydrogen) atoms. The molecule has 1 aromatic heterocycles. The van der Waals surface area contributed by atoms with Crippen LogP contribution in [0.25, 0.3) is 0 Å². The van der Waals surface area contributed by atoms with Crippen LogP contribution in [0.15, 0.2) is 60.2 Å². The number of hydrogen-bond acceptors (Lipinski definition) is 7. The molecule has 0 saturated heterocycles. The van der Waals surface area contributed by atoms with Crippen LogP contribution in [0.3, 0.4) is 0 Å². The Balaban J connectivity index is 1.59. The second-order valence-corrected chi connectivity index (χ2v) is 16.1. The van der Waals surface area contributed by atoms with E-state index in [0.29, 0.717) is 54.0 Å². The third kappa shape index (κ3) is 8.11. The van der Waals surface area contributed by atoms with Crippen LogP contribution >= 0.6 is 11.3 Å². The largest absolute Gasteiger partial charge is 0.497 e. The van der Waals surface area contributed by atoms with E-state index in [4.69, 9.17) is 9.47 Å². The number of benzene rings is 2. The number of urea groups is 1. The Labute approximate surface area is 301 Å². The zero-order valence-corrected chi connectivity index (χ0v) is 31.5. The number of hydrogen-bond donors (Lipinski definition) is 3. The first-order valence-corrected chi connectivity index (χ1v) is 18.6. The number of aliphatic hydroxyl groups excluding tert-OH is 1. The molecule has 2 bridgehead atoms. The van der Waals surface area contributed by atoms with Crippen molar-refractivity contribution >= 4 is 23.2 Å². The summed E-state index contributed by atoms with van der Waals surface area (Å²) in [6.45, 7) is 10.4. The van der Waals surface area contributed by atoms with Crippen molar-refractivity contribution in [3.8, 4) is 11.5 Å². The monoisotopic (exact) mass is 702 g/mol. The van der Waals surface area contributed by atoms with Crippen molar-refractivity contribution in [2.24, 2.45) is 5.41 Å². The molecule has 3 N–H and O–H groups in total. The first kappa shape index (κ1) is 37.6. The molecule has 2 aromatic carbocycles. The molecule has 3 aliphatic rings. The average molecular weight is 703 g/mol. The predicted octanol–water partition coefficient (Wildman–Crippen LogP) is 7.96. The third-order valence-electron chi connectivity index (χ3n) is 10.9. The number of fused-ring (bicyclic) bond motifs is 8. The topological polar surface area (TPSA) is 108 Å². The highest BCUT2D eigenvalue weighted by Gasteiger charge is 2.57. The molecule has 3 aromatic rings. The van der Waals surface area contributed by atoms with Crippen molar-refractivity contribution in [3.63, 3.8) is 0 Å². The van der Waals surface area contributed by atoms with Gasteiger partial charge in [-0.15, -0.1) is 11.3 Å². The number of rotatable bonds is 9. The molecule has 8 nitrogen and oxygen atoms in total. The molecule has 1 fully saturated rings. The smallest absolute Gasteiger partial charge is 0.317 e. The number of ketones is 1. The molecule has 1 heterocycles. The van der Waals surface area contributed by atoms with Gasteiger partial charge in [0, 0.05) is 33.5 Å². The fraction of sp³-hybridized carbons (Fsp3) is 0.512. The second-order valence-electron chi connectivity index (χ2n) is 14.8. The fourth-order valence-corrected chi connectivity index (χ4v) is 8.75. The number of methoxy groups -OCH3 is 2. The zero-order valence-electron chi connectivity index (χ0n) is 30.7. The van der Waals surface area contributed by atoms with Crippen LogP contribution in [0, 0.1) is 12.3 Å². The van der Waals surface area contributed by atoms with E-state index in [-0.39, 0.29) is 36.9 Å². The lowest BCUT2D eigenvalue weighted by atomic mass is 9.64. The van der Waals surface area contributed by atoms with Gasteiger partial charge in [0.2, 0.25) is 5.78 Å². The normalized spacial score (nSPS) is 23.9. The fourth-order valence-electron chi connectivity index (χ4n) is 7.93. The number of carbonyl (C=O) groups is 2. The summed E-state index contributed by atoms with van der Waals surface area (Å²) in [5.74, 6) is 1.08. The molecular weight excluding hydrogens is 649 g/mol. The lowest BCUT2D eigenvalue weighted by Crippen LogP contribution is -2.55. The summed E-state index contributed by atoms with van der Waals surface area (Å²) in [4.78, 5) is 31.6. The first-order valence-electron chi connectivity index (χ1n) is 17.8. The maximum Gasteiger partial charge on any atom is 0.317 e. The Morgan fingerprint density at radius 1 is 1.04 bits per heavy atom. The summed E-state index contributed by atoms with van der Waals surface area (Å²) >= 11 is 1.49. The number of thiophene rings is 1. The van der Waals surface area contributed by atoms with E-state index in [9.17, 15) is 19.8 Å². The second kappa shape index (κ2) is 15.7. The van der Waals surface area contributed by atoms with Crippen molar-refractivity contribution in [3.05, 3.63) is 92.2 Å². The standard InChI is InChI=1S/C41H54N2O6S/c1-26(2)42-39(46)43(24-30-13-15-32(48-6)23-36(30)49-7)25-41(47)20-18-35-33-16-12-29(22-34(33)38(45)37-17-11-28(4)50-37)21-31(44)14-10-27(3)9-8-19-40(35,41)5/h9,11-13,15-17,22-23,26,31,35,44,47H,8,10,14,18-21,24-25H2,1-7H3,(H,42,46). The Kier molecular flexibility index (Phi) is 11.8. The number of aliphatic hydroxyl groups is 2. The van der Waals surface area contributed by atoms with Crippen molar-refractivity contribution in [1.82, 2.24) is 10.2 Å². The molecule has 1 saturated carbocycles. The van der Waals surface area contributed by atoms with Crippen molar-refractivity contribution in [1.29, 1.82) is 0 Å². The minimum Gasteiger partial charge on any atom is -0.497 e. The predicted molar refractivity (Wildman–Crippen MR) is 200 cm³/mol. The van der Waals surface area contributed by atoms with Gasteiger partial charge >= 0.3 is 6.03 Å². The molecule has 0 aliphatic heterocycles. The number of allylic oxidation sites excluding steroid dienone is 2. The molecular formula is C41H54N2O6S. The summed E-state index contributed by atoms with van der Waals surface area (Å²) in [5.41, 5.74) is 2.55.